The van der Waals surface area contributed by atoms with Crippen LogP contribution in [-0.4, -0.2) is 169 Å². The second kappa shape index (κ2) is 35.1. The summed E-state index contributed by atoms with van der Waals surface area (Å²) in [5.41, 5.74) is 1.95. The van der Waals surface area contributed by atoms with Gasteiger partial charge in [0.15, 0.2) is 37.4 Å². The van der Waals surface area contributed by atoms with E-state index in [1.807, 2.05) is 109 Å². The normalized spacial score (nSPS) is 36.9. The maximum Gasteiger partial charge on any atom is 0.407 e. The van der Waals surface area contributed by atoms with Gasteiger partial charge in [-0.15, -0.1) is 0 Å². The van der Waals surface area contributed by atoms with Gasteiger partial charge in [0, 0.05) is 43.4 Å². The highest BCUT2D eigenvalue weighted by molar-refractivity contribution is 6.68. The van der Waals surface area contributed by atoms with Crippen LogP contribution in [0.5, 0.6) is 0 Å². The summed E-state index contributed by atoms with van der Waals surface area (Å²) in [4.78, 5) is 53.0. The number of esters is 2. The predicted molar refractivity (Wildman–Crippen MR) is 339 cm³/mol. The molecule has 92 heavy (non-hydrogen) atoms. The number of alkyl carbamates (subject to hydrolysis) is 2. The maximum absolute atomic E-state index is 17.1. The van der Waals surface area contributed by atoms with E-state index in [0.29, 0.717) is 26.1 Å². The average Bonchev–Trinajstić information content (AvgIpc) is 0.777. The van der Waals surface area contributed by atoms with Crippen molar-refractivity contribution in [2.45, 2.75) is 234 Å². The highest BCUT2D eigenvalue weighted by Gasteiger charge is 2.56. The molecule has 0 aliphatic carbocycles. The summed E-state index contributed by atoms with van der Waals surface area (Å²) in [6.45, 7) is 21.1. The molecular weight excluding hydrogens is 1330 g/mol. The van der Waals surface area contributed by atoms with Gasteiger partial charge in [-0.3, -0.25) is 9.59 Å². The van der Waals surface area contributed by atoms with Crippen LogP contribution in [0.15, 0.2) is 60.7 Å². The van der Waals surface area contributed by atoms with Crippen LogP contribution >= 0.6 is 69.6 Å². The maximum atomic E-state index is 17.1. The van der Waals surface area contributed by atoms with Crippen molar-refractivity contribution in [1.29, 1.82) is 0 Å². The number of rotatable bonds is 25. The summed E-state index contributed by atoms with van der Waals surface area (Å²) < 4.78 is 109. The molecule has 2 aromatic rings. The zero-order chi connectivity index (χ0) is 67.4. The third kappa shape index (κ3) is 21.1. The van der Waals surface area contributed by atoms with Gasteiger partial charge in [-0.25, -0.2) is 14.0 Å². The Balaban J connectivity index is 1.15. The van der Waals surface area contributed by atoms with E-state index in [1.54, 1.807) is 20.8 Å². The molecule has 0 radical (unpaired) electrons. The lowest BCUT2D eigenvalue weighted by atomic mass is 9.83. The molecule has 0 spiro atoms. The smallest absolute Gasteiger partial charge is 0.407 e. The van der Waals surface area contributed by atoms with Crippen LogP contribution in [0.3, 0.4) is 0 Å². The number of nitrogens with one attached hydrogen (secondary N) is 2. The zero-order valence-electron chi connectivity index (χ0n) is 54.0. The van der Waals surface area contributed by atoms with Gasteiger partial charge in [-0.2, -0.15) is 0 Å². The van der Waals surface area contributed by atoms with Crippen LogP contribution in [0.4, 0.5) is 14.0 Å². The van der Waals surface area contributed by atoms with Crippen LogP contribution in [0.1, 0.15) is 113 Å². The lowest BCUT2D eigenvalue weighted by molar-refractivity contribution is -0.362. The predicted octanol–water partition coefficient (Wildman–Crippen LogP) is 12.0. The Morgan fingerprint density at radius 3 is 1.14 bits per heavy atom. The van der Waals surface area contributed by atoms with E-state index in [4.69, 9.17) is 141 Å². The van der Waals surface area contributed by atoms with Gasteiger partial charge in [0.2, 0.25) is 13.9 Å². The van der Waals surface area contributed by atoms with Gasteiger partial charge < -0.3 is 81.7 Å². The second-order valence-electron chi connectivity index (χ2n) is 24.7. The molecule has 5 fully saturated rings. The van der Waals surface area contributed by atoms with Crippen LogP contribution in [0.25, 0.3) is 0 Å². The fourth-order valence-corrected chi connectivity index (χ4v) is 12.9. The first kappa shape index (κ1) is 76.5. The number of carbonyl (C=O) groups is 4. The second-order valence-corrected chi connectivity index (χ2v) is 29.7. The van der Waals surface area contributed by atoms with Crippen molar-refractivity contribution in [3.63, 3.8) is 0 Å². The standard InChI is InChI=1S/C64H91Cl6FN2O19/c1-13-43-52(89-57-48(72-61(76)80-30-63(65,66)67)36(8)50(44(14-2)85-57)90-59-54(82-39(11)74)34(6)32(4)46(87-59)28-78-26-41-22-18-16-19-23-41)38(10)53(56(71)84-43)92-58-49(73-62(77)81-31-64(68,69)70)37(9)51(45(15-3)86-58)91-60-55(83-40(12)75)35(7)33(5)47(88-60)29-79-27-42-24-20-17-21-25-42/h16-25,32-38,43-60H,13-15,26-31H2,1-12H3,(H,72,76)(H,73,77)/t32-,33-,34+,35+,36-,37-,38-,43?,44?,45?,46?,47?,48?,49?,50+,51+,52+,53?,54?,55?,56+,57+,58+,59+,60+/m1/s1. The molecule has 0 aromatic heterocycles. The number of hydrogen-bond donors (Lipinski definition) is 2. The summed E-state index contributed by atoms with van der Waals surface area (Å²) in [6, 6.07) is 17.1. The molecule has 5 saturated heterocycles. The van der Waals surface area contributed by atoms with Crippen molar-refractivity contribution in [2.24, 2.45) is 41.4 Å². The molecule has 520 valence electrons. The van der Waals surface area contributed by atoms with Crippen molar-refractivity contribution >= 4 is 93.7 Å². The Labute approximate surface area is 569 Å². The van der Waals surface area contributed by atoms with E-state index < -0.39 is 173 Å². The van der Waals surface area contributed by atoms with E-state index in [1.165, 1.54) is 13.8 Å². The molecule has 7 rings (SSSR count). The summed E-state index contributed by atoms with van der Waals surface area (Å²) in [5, 5.41) is 5.66. The molecule has 2 aromatic carbocycles. The molecule has 28 heteroatoms. The first-order valence-electron chi connectivity index (χ1n) is 31.6. The molecule has 5 heterocycles. The minimum atomic E-state index is -2.10. The Bertz CT molecular complexity index is 2620. The highest BCUT2D eigenvalue weighted by atomic mass is 35.6. The molecule has 2 N–H and O–H groups in total. The van der Waals surface area contributed by atoms with Crippen LogP contribution in [-0.2, 0) is 93.9 Å². The topological polar surface area (TPSA) is 231 Å². The number of alkyl halides is 7. The number of halogens is 7. The number of ether oxygens (including phenoxy) is 15. The molecule has 21 nitrogen and oxygen atoms in total. The third-order valence-electron chi connectivity index (χ3n) is 18.2. The fraction of sp³-hybridized carbons (Fsp3) is 0.750. The molecule has 0 saturated carbocycles. The third-order valence-corrected chi connectivity index (χ3v) is 18.8. The van der Waals surface area contributed by atoms with Crippen LogP contribution in [0.2, 0.25) is 0 Å². The van der Waals surface area contributed by atoms with E-state index in [2.05, 4.69) is 10.6 Å². The Kier molecular flexibility index (Phi) is 29.2. The Morgan fingerprint density at radius 1 is 0.446 bits per heavy atom. The number of hydrogen-bond acceptors (Lipinski definition) is 19. The molecule has 0 bridgehead atoms. The molecule has 2 amide bonds. The lowest BCUT2D eigenvalue weighted by Gasteiger charge is -2.52. The summed E-state index contributed by atoms with van der Waals surface area (Å²) in [6.07, 6.45) is -17.8. The fourth-order valence-electron chi connectivity index (χ4n) is 12.6. The number of amides is 2. The summed E-state index contributed by atoms with van der Waals surface area (Å²) in [7, 11) is 0. The lowest BCUT2D eigenvalue weighted by Crippen LogP contribution is -2.66. The van der Waals surface area contributed by atoms with Gasteiger partial charge in [0.1, 0.15) is 19.3 Å². The van der Waals surface area contributed by atoms with Crippen LogP contribution in [0, 0.1) is 41.4 Å². The monoisotopic (exact) mass is 1420 g/mol. The van der Waals surface area contributed by atoms with E-state index in [0.717, 1.165) is 11.1 Å². The molecular formula is C64H91Cl6FN2O19. The quantitative estimate of drug-likeness (QED) is 0.0534. The van der Waals surface area contributed by atoms with E-state index >= 15 is 4.39 Å². The molecule has 25 atom stereocenters. The zero-order valence-corrected chi connectivity index (χ0v) is 58.5. The number of carbonyl (C=O) groups excluding carboxylic acids is 4. The molecule has 5 aliphatic rings. The van der Waals surface area contributed by atoms with E-state index in [-0.39, 0.29) is 43.3 Å². The minimum Gasteiger partial charge on any atom is -0.457 e. The molecule has 10 unspecified atom stereocenters. The van der Waals surface area contributed by atoms with Crippen molar-refractivity contribution in [1.82, 2.24) is 10.6 Å². The van der Waals surface area contributed by atoms with E-state index in [9.17, 15) is 19.2 Å². The minimum absolute atomic E-state index is 0.146. The summed E-state index contributed by atoms with van der Waals surface area (Å²) >= 11 is 36.1. The van der Waals surface area contributed by atoms with Crippen molar-refractivity contribution < 1.29 is 94.6 Å². The summed E-state index contributed by atoms with van der Waals surface area (Å²) in [5.74, 6) is -4.30. The first-order chi connectivity index (χ1) is 43.5. The van der Waals surface area contributed by atoms with Crippen molar-refractivity contribution in [2.75, 3.05) is 26.4 Å². The first-order valence-corrected chi connectivity index (χ1v) is 33.9. The van der Waals surface area contributed by atoms with Gasteiger partial charge in [-0.1, -0.05) is 200 Å². The van der Waals surface area contributed by atoms with Gasteiger partial charge in [-0.05, 0) is 42.2 Å². The van der Waals surface area contributed by atoms with Crippen molar-refractivity contribution in [3.8, 4) is 0 Å². The van der Waals surface area contributed by atoms with Crippen LogP contribution < -0.4 is 10.6 Å². The Morgan fingerprint density at radius 2 is 0.783 bits per heavy atom. The Hall–Kier alpha value is -2.85. The highest BCUT2D eigenvalue weighted by Crippen LogP contribution is 2.44. The van der Waals surface area contributed by atoms with Gasteiger partial charge >= 0.3 is 24.1 Å². The van der Waals surface area contributed by atoms with Gasteiger partial charge in [0.05, 0.1) is 87.3 Å². The SMILES string of the molecule is CCC1O[C@@H](OC2[C@@H](F)OC(CC)[C@@H](O[C@@H]3OC(CC)[C@@H](O[C@@H]4OC(COCc5ccccc5)[C@H](C)[C@H](C)C4OC(C)=O)[C@H](C)C3NC(=O)OCC(Cl)(Cl)Cl)[C@H]2C)C(NC(=O)OCC(Cl)(Cl)Cl)[C@@H](C)[C@@H]1O[C@@H]1OC(COCc2ccccc2)[C@H](C)[C@H](C)C1OC(C)=O. The van der Waals surface area contributed by atoms with Crippen molar-refractivity contribution in [3.05, 3.63) is 71.8 Å². The number of benzene rings is 2. The largest absolute Gasteiger partial charge is 0.457 e. The average molecular weight is 1420 g/mol. The van der Waals surface area contributed by atoms with Gasteiger partial charge in [0.25, 0.3) is 0 Å². The molecule has 5 aliphatic heterocycles.